The van der Waals surface area contributed by atoms with Gasteiger partial charge in [-0.25, -0.2) is 0 Å². The van der Waals surface area contributed by atoms with Crippen molar-refractivity contribution in [2.24, 2.45) is 4.99 Å². The fraction of sp³-hybridized carbons (Fsp3) is 0.364. The van der Waals surface area contributed by atoms with E-state index in [1.165, 1.54) is 11.1 Å². The molecule has 2 nitrogen and oxygen atoms in total. The summed E-state index contributed by atoms with van der Waals surface area (Å²) in [5, 5.41) is 3.02. The molecule has 2 heteroatoms. The maximum Gasteiger partial charge on any atom is 0.0300 e. The van der Waals surface area contributed by atoms with Gasteiger partial charge in [-0.2, -0.15) is 0 Å². The van der Waals surface area contributed by atoms with E-state index >= 15 is 0 Å². The van der Waals surface area contributed by atoms with Gasteiger partial charge in [0, 0.05) is 19.5 Å². The van der Waals surface area contributed by atoms with Gasteiger partial charge < -0.3 is 5.32 Å². The summed E-state index contributed by atoms with van der Waals surface area (Å²) in [6, 6.07) is 0. The number of allylic oxidation sites excluding steroid dienone is 3. The maximum absolute atomic E-state index is 4.07. The van der Waals surface area contributed by atoms with Crippen molar-refractivity contribution in [2.75, 3.05) is 7.05 Å². The minimum atomic E-state index is 1.01. The molecule has 0 aliphatic carbocycles. The van der Waals surface area contributed by atoms with E-state index in [4.69, 9.17) is 0 Å². The van der Waals surface area contributed by atoms with Crippen molar-refractivity contribution in [3.8, 4) is 0 Å². The van der Waals surface area contributed by atoms with Gasteiger partial charge in [-0.05, 0) is 30.7 Å². The molecule has 0 atom stereocenters. The molecule has 0 rings (SSSR count). The SMILES string of the molecule is C=CC=N/C=C(C)/C(=C\NC)CC. The van der Waals surface area contributed by atoms with Crippen LogP contribution in [0.1, 0.15) is 20.3 Å². The molecule has 13 heavy (non-hydrogen) atoms. The standard InChI is InChI=1S/C11H18N2/c1-5-7-13-8-10(3)11(6-2)9-12-4/h5,7-9,12H,1,6H2,2-4H3/b10-8+,11-9-,13-7?. The molecule has 0 aromatic heterocycles. The van der Waals surface area contributed by atoms with E-state index in [1.54, 1.807) is 12.3 Å². The fourth-order valence-corrected chi connectivity index (χ4v) is 0.968. The zero-order chi connectivity index (χ0) is 10.1. The van der Waals surface area contributed by atoms with Gasteiger partial charge in [-0.3, -0.25) is 4.99 Å². The third-order valence-electron chi connectivity index (χ3n) is 1.67. The van der Waals surface area contributed by atoms with E-state index in [0.717, 1.165) is 6.42 Å². The first-order valence-electron chi connectivity index (χ1n) is 4.43. The van der Waals surface area contributed by atoms with Crippen LogP contribution in [0.2, 0.25) is 0 Å². The van der Waals surface area contributed by atoms with Gasteiger partial charge in [0.2, 0.25) is 0 Å². The third kappa shape index (κ3) is 5.01. The van der Waals surface area contributed by atoms with Crippen molar-refractivity contribution in [3.05, 3.63) is 36.2 Å². The smallest absolute Gasteiger partial charge is 0.0300 e. The highest BCUT2D eigenvalue weighted by atomic mass is 14.8. The predicted octanol–water partition coefficient (Wildman–Crippen LogP) is 2.66. The summed E-state index contributed by atoms with van der Waals surface area (Å²) < 4.78 is 0. The van der Waals surface area contributed by atoms with Gasteiger partial charge in [-0.15, -0.1) is 0 Å². The highest BCUT2D eigenvalue weighted by Crippen LogP contribution is 2.11. The van der Waals surface area contributed by atoms with Crippen LogP contribution in [0.25, 0.3) is 0 Å². The molecule has 0 heterocycles. The molecule has 1 N–H and O–H groups in total. The summed E-state index contributed by atoms with van der Waals surface area (Å²) in [5.74, 6) is 0. The average Bonchev–Trinajstić information content (AvgIpc) is 2.14. The summed E-state index contributed by atoms with van der Waals surface area (Å²) in [5.41, 5.74) is 2.44. The summed E-state index contributed by atoms with van der Waals surface area (Å²) in [6.45, 7) is 7.72. The van der Waals surface area contributed by atoms with Crippen molar-refractivity contribution in [1.82, 2.24) is 5.32 Å². The summed E-state index contributed by atoms with van der Waals surface area (Å²) >= 11 is 0. The van der Waals surface area contributed by atoms with Crippen molar-refractivity contribution in [2.45, 2.75) is 20.3 Å². The van der Waals surface area contributed by atoms with Gasteiger partial charge in [0.1, 0.15) is 0 Å². The maximum atomic E-state index is 4.07. The van der Waals surface area contributed by atoms with Crippen LogP contribution in [-0.4, -0.2) is 13.3 Å². The normalized spacial score (nSPS) is 13.5. The Hall–Kier alpha value is -1.31. The first-order chi connectivity index (χ1) is 6.26. The summed E-state index contributed by atoms with van der Waals surface area (Å²) in [4.78, 5) is 4.07. The predicted molar refractivity (Wildman–Crippen MR) is 59.9 cm³/mol. The molecule has 0 fully saturated rings. The van der Waals surface area contributed by atoms with Crippen LogP contribution in [0.4, 0.5) is 0 Å². The molecule has 0 bridgehead atoms. The minimum absolute atomic E-state index is 1.01. The lowest BCUT2D eigenvalue weighted by atomic mass is 10.1. The zero-order valence-corrected chi connectivity index (χ0v) is 8.67. The summed E-state index contributed by atoms with van der Waals surface area (Å²) in [7, 11) is 1.90. The third-order valence-corrected chi connectivity index (χ3v) is 1.67. The van der Waals surface area contributed by atoms with E-state index in [2.05, 4.69) is 23.8 Å². The Morgan fingerprint density at radius 2 is 2.23 bits per heavy atom. The molecule has 0 saturated carbocycles. The second kappa shape index (κ2) is 7.35. The monoisotopic (exact) mass is 178 g/mol. The lowest BCUT2D eigenvalue weighted by Crippen LogP contribution is -1.96. The molecule has 0 amide bonds. The first-order valence-corrected chi connectivity index (χ1v) is 4.43. The quantitative estimate of drug-likeness (QED) is 0.508. The van der Waals surface area contributed by atoms with Crippen LogP contribution in [0.5, 0.6) is 0 Å². The summed E-state index contributed by atoms with van der Waals surface area (Å²) in [6.07, 6.45) is 8.18. The van der Waals surface area contributed by atoms with E-state index in [0.29, 0.717) is 0 Å². The molecule has 0 spiro atoms. The Kier molecular flexibility index (Phi) is 6.60. The van der Waals surface area contributed by atoms with Crippen molar-refractivity contribution in [1.29, 1.82) is 0 Å². The molecule has 0 unspecified atom stereocenters. The number of nitrogens with zero attached hydrogens (tertiary/aromatic N) is 1. The van der Waals surface area contributed by atoms with Gasteiger partial charge in [0.25, 0.3) is 0 Å². The van der Waals surface area contributed by atoms with E-state index in [9.17, 15) is 0 Å². The molecule has 0 aliphatic heterocycles. The Bertz CT molecular complexity index is 234. The largest absolute Gasteiger partial charge is 0.394 e. The second-order valence-corrected chi connectivity index (χ2v) is 2.66. The number of hydrogen-bond donors (Lipinski definition) is 1. The highest BCUT2D eigenvalue weighted by molar-refractivity contribution is 5.70. The van der Waals surface area contributed by atoms with Gasteiger partial charge >= 0.3 is 0 Å². The second-order valence-electron chi connectivity index (χ2n) is 2.66. The van der Waals surface area contributed by atoms with Crippen LogP contribution in [-0.2, 0) is 0 Å². The van der Waals surface area contributed by atoms with Crippen molar-refractivity contribution in [3.63, 3.8) is 0 Å². The minimum Gasteiger partial charge on any atom is -0.394 e. The Morgan fingerprint density at radius 1 is 1.54 bits per heavy atom. The van der Waals surface area contributed by atoms with Crippen molar-refractivity contribution >= 4 is 6.21 Å². The van der Waals surface area contributed by atoms with E-state index in [-0.39, 0.29) is 0 Å². The van der Waals surface area contributed by atoms with Crippen molar-refractivity contribution < 1.29 is 0 Å². The molecule has 0 aliphatic rings. The fourth-order valence-electron chi connectivity index (χ4n) is 0.968. The highest BCUT2D eigenvalue weighted by Gasteiger charge is 1.94. The van der Waals surface area contributed by atoms with Crippen LogP contribution in [0.3, 0.4) is 0 Å². The van der Waals surface area contributed by atoms with Crippen LogP contribution >= 0.6 is 0 Å². The van der Waals surface area contributed by atoms with E-state index < -0.39 is 0 Å². The molecule has 0 saturated heterocycles. The topological polar surface area (TPSA) is 24.4 Å². The number of hydrogen-bond acceptors (Lipinski definition) is 2. The molecular weight excluding hydrogens is 160 g/mol. The lowest BCUT2D eigenvalue weighted by molar-refractivity contribution is 1.01. The first kappa shape index (κ1) is 11.7. The molecule has 0 aromatic carbocycles. The van der Waals surface area contributed by atoms with Crippen LogP contribution in [0.15, 0.2) is 41.2 Å². The molecule has 0 radical (unpaired) electrons. The van der Waals surface area contributed by atoms with Gasteiger partial charge in [0.15, 0.2) is 0 Å². The molecular formula is C11H18N2. The lowest BCUT2D eigenvalue weighted by Gasteiger charge is -2.02. The average molecular weight is 178 g/mol. The Labute approximate surface area is 80.8 Å². The van der Waals surface area contributed by atoms with Crippen LogP contribution < -0.4 is 5.32 Å². The van der Waals surface area contributed by atoms with Gasteiger partial charge in [-0.1, -0.05) is 19.6 Å². The zero-order valence-electron chi connectivity index (χ0n) is 8.67. The number of aliphatic imine (C=N–C) groups is 1. The van der Waals surface area contributed by atoms with E-state index in [1.807, 2.05) is 26.4 Å². The van der Waals surface area contributed by atoms with Gasteiger partial charge in [0.05, 0.1) is 0 Å². The van der Waals surface area contributed by atoms with Crippen LogP contribution in [0, 0.1) is 0 Å². The Morgan fingerprint density at radius 3 is 2.69 bits per heavy atom. The number of rotatable bonds is 5. The number of nitrogens with one attached hydrogen (secondary N) is 1. The Balaban J connectivity index is 4.44. The molecule has 72 valence electrons. The molecule has 0 aromatic rings.